The zero-order valence-electron chi connectivity index (χ0n) is 9.84. The molecule has 0 aliphatic rings. The average Bonchev–Trinajstić information content (AvgIpc) is 2.23. The van der Waals surface area contributed by atoms with Gasteiger partial charge >= 0.3 is 0 Å². The molecule has 0 spiro atoms. The normalized spacial score (nSPS) is 10.8. The lowest BCUT2D eigenvalue weighted by molar-refractivity contribution is -0.117. The van der Waals surface area contributed by atoms with Crippen LogP contribution in [0.1, 0.15) is 0 Å². The van der Waals surface area contributed by atoms with Crippen LogP contribution < -0.4 is 11.1 Å². The molecule has 3 N–H and O–H groups in total. The van der Waals surface area contributed by atoms with Crippen molar-refractivity contribution in [3.8, 4) is 0 Å². The molecule has 1 aromatic rings. The van der Waals surface area contributed by atoms with Gasteiger partial charge in [-0.3, -0.25) is 9.69 Å². The minimum atomic E-state index is -0.211. The summed E-state index contributed by atoms with van der Waals surface area (Å²) in [6.07, 6.45) is 0. The van der Waals surface area contributed by atoms with E-state index in [1.54, 1.807) is 11.9 Å². The topological polar surface area (TPSA) is 58.4 Å². The lowest BCUT2D eigenvalue weighted by Gasteiger charge is -2.16. The number of anilines is 1. The number of nitrogens with two attached hydrogens (primary N) is 1. The highest BCUT2D eigenvalue weighted by Gasteiger charge is 2.12. The van der Waals surface area contributed by atoms with Crippen molar-refractivity contribution in [2.24, 2.45) is 5.73 Å². The van der Waals surface area contributed by atoms with Crippen molar-refractivity contribution in [3.63, 3.8) is 0 Å². The van der Waals surface area contributed by atoms with Gasteiger partial charge in [0, 0.05) is 18.1 Å². The van der Waals surface area contributed by atoms with Gasteiger partial charge in [-0.15, -0.1) is 0 Å². The summed E-state index contributed by atoms with van der Waals surface area (Å²) < 4.78 is 0. The molecule has 1 rings (SSSR count). The molecule has 1 amide bonds. The van der Waals surface area contributed by atoms with Crippen molar-refractivity contribution in [2.75, 3.05) is 32.0 Å². The van der Waals surface area contributed by atoms with Crippen LogP contribution in [0, 0.1) is 0 Å². The van der Waals surface area contributed by atoms with Gasteiger partial charge in [-0.25, -0.2) is 0 Å². The van der Waals surface area contributed by atoms with Crippen LogP contribution in [0.3, 0.4) is 0 Å². The van der Waals surface area contributed by atoms with Crippen molar-refractivity contribution in [2.45, 2.75) is 0 Å². The van der Waals surface area contributed by atoms with E-state index in [1.807, 2.05) is 0 Å². The molecule has 0 heterocycles. The van der Waals surface area contributed by atoms with E-state index in [1.165, 1.54) is 12.1 Å². The first-order chi connectivity index (χ1) is 8.43. The Morgan fingerprint density at radius 1 is 1.33 bits per heavy atom. The second-order valence-corrected chi connectivity index (χ2v) is 5.07. The summed E-state index contributed by atoms with van der Waals surface area (Å²) in [5.74, 6) is -0.211. The number of benzene rings is 1. The minimum Gasteiger partial charge on any atom is -0.329 e. The molecule has 0 aromatic heterocycles. The van der Waals surface area contributed by atoms with Gasteiger partial charge < -0.3 is 11.1 Å². The number of nitrogens with zero attached hydrogens (tertiary/aromatic N) is 1. The fourth-order valence-corrected chi connectivity index (χ4v) is 2.30. The third-order valence-electron chi connectivity index (χ3n) is 2.20. The smallest absolute Gasteiger partial charge is 0.238 e. The Labute approximate surface area is 121 Å². The van der Waals surface area contributed by atoms with Crippen LogP contribution in [-0.2, 0) is 4.79 Å². The quantitative estimate of drug-likeness (QED) is 0.878. The number of halogens is 3. The highest BCUT2D eigenvalue weighted by atomic mass is 35.5. The predicted octanol–water partition coefficient (Wildman–Crippen LogP) is 2.48. The maximum Gasteiger partial charge on any atom is 0.238 e. The lowest BCUT2D eigenvalue weighted by Crippen LogP contribution is -2.33. The average molecular weight is 311 g/mol. The number of hydrogen-bond donors (Lipinski definition) is 2. The van der Waals surface area contributed by atoms with E-state index in [0.29, 0.717) is 33.8 Å². The van der Waals surface area contributed by atoms with Gasteiger partial charge in [-0.05, 0) is 19.2 Å². The summed E-state index contributed by atoms with van der Waals surface area (Å²) in [5.41, 5.74) is 5.76. The summed E-state index contributed by atoms with van der Waals surface area (Å²) in [6.45, 7) is 1.34. The second kappa shape index (κ2) is 7.16. The van der Waals surface area contributed by atoms with E-state index in [2.05, 4.69) is 5.32 Å². The number of carbonyl (C=O) groups is 1. The third-order valence-corrected chi connectivity index (χ3v) is 3.01. The Bertz CT molecular complexity index is 417. The van der Waals surface area contributed by atoms with Crippen LogP contribution in [0.5, 0.6) is 0 Å². The number of rotatable bonds is 5. The molecule has 0 unspecified atom stereocenters. The van der Waals surface area contributed by atoms with Crippen LogP contribution >= 0.6 is 34.8 Å². The first-order valence-electron chi connectivity index (χ1n) is 5.27. The van der Waals surface area contributed by atoms with Gasteiger partial charge in [-0.1, -0.05) is 34.8 Å². The molecule has 0 aliphatic heterocycles. The molecule has 1 aromatic carbocycles. The molecular weight excluding hydrogens is 296 g/mol. The molecule has 0 atom stereocenters. The molecule has 0 bridgehead atoms. The van der Waals surface area contributed by atoms with E-state index in [0.717, 1.165) is 0 Å². The maximum absolute atomic E-state index is 11.7. The van der Waals surface area contributed by atoms with Gasteiger partial charge in [0.15, 0.2) is 0 Å². The standard InChI is InChI=1S/C11H14Cl3N3O/c1-17(3-2-15)6-10(18)16-11-8(13)4-7(12)5-9(11)14/h4-5H,2-3,6,15H2,1H3,(H,16,18). The zero-order chi connectivity index (χ0) is 13.7. The molecule has 4 nitrogen and oxygen atoms in total. The molecule has 0 aliphatic carbocycles. The maximum atomic E-state index is 11.7. The van der Waals surface area contributed by atoms with Gasteiger partial charge in [-0.2, -0.15) is 0 Å². The zero-order valence-corrected chi connectivity index (χ0v) is 12.1. The van der Waals surface area contributed by atoms with Crippen molar-refractivity contribution in [1.29, 1.82) is 0 Å². The lowest BCUT2D eigenvalue weighted by atomic mass is 10.3. The van der Waals surface area contributed by atoms with Crippen molar-refractivity contribution in [1.82, 2.24) is 4.90 Å². The van der Waals surface area contributed by atoms with E-state index < -0.39 is 0 Å². The first kappa shape index (κ1) is 15.5. The van der Waals surface area contributed by atoms with Gasteiger partial charge in [0.2, 0.25) is 5.91 Å². The van der Waals surface area contributed by atoms with E-state index in [-0.39, 0.29) is 12.5 Å². The molecule has 0 saturated carbocycles. The number of likely N-dealkylation sites (N-methyl/N-ethyl adjacent to an activating group) is 1. The number of carbonyl (C=O) groups excluding carboxylic acids is 1. The molecule has 0 saturated heterocycles. The number of amides is 1. The second-order valence-electron chi connectivity index (χ2n) is 3.82. The Hall–Kier alpha value is -0.520. The Morgan fingerprint density at radius 3 is 2.39 bits per heavy atom. The van der Waals surface area contributed by atoms with E-state index in [9.17, 15) is 4.79 Å². The van der Waals surface area contributed by atoms with Gasteiger partial charge in [0.1, 0.15) is 0 Å². The van der Waals surface area contributed by atoms with Gasteiger partial charge in [0.05, 0.1) is 22.3 Å². The molecule has 100 valence electrons. The van der Waals surface area contributed by atoms with Crippen LogP contribution in [0.2, 0.25) is 15.1 Å². The SMILES string of the molecule is CN(CCN)CC(=O)Nc1c(Cl)cc(Cl)cc1Cl. The molecule has 0 radical (unpaired) electrons. The van der Waals surface area contributed by atoms with Crippen molar-refractivity contribution in [3.05, 3.63) is 27.2 Å². The fraction of sp³-hybridized carbons (Fsp3) is 0.364. The summed E-state index contributed by atoms with van der Waals surface area (Å²) in [7, 11) is 1.80. The summed E-state index contributed by atoms with van der Waals surface area (Å²) >= 11 is 17.7. The highest BCUT2D eigenvalue weighted by molar-refractivity contribution is 6.42. The van der Waals surface area contributed by atoms with Crippen LogP contribution in [0.25, 0.3) is 0 Å². The van der Waals surface area contributed by atoms with Crippen LogP contribution in [0.4, 0.5) is 5.69 Å². The molecule has 7 heteroatoms. The first-order valence-corrected chi connectivity index (χ1v) is 6.40. The largest absolute Gasteiger partial charge is 0.329 e. The summed E-state index contributed by atoms with van der Waals surface area (Å²) in [6, 6.07) is 3.04. The number of nitrogens with one attached hydrogen (secondary N) is 1. The summed E-state index contributed by atoms with van der Waals surface area (Å²) in [4.78, 5) is 13.5. The predicted molar refractivity (Wildman–Crippen MR) is 76.7 cm³/mol. The molecular formula is C11H14Cl3N3O. The highest BCUT2D eigenvalue weighted by Crippen LogP contribution is 2.33. The Balaban J connectivity index is 2.70. The van der Waals surface area contributed by atoms with E-state index in [4.69, 9.17) is 40.5 Å². The monoisotopic (exact) mass is 309 g/mol. The summed E-state index contributed by atoms with van der Waals surface area (Å²) in [5, 5.41) is 3.69. The van der Waals surface area contributed by atoms with Crippen molar-refractivity contribution >= 4 is 46.4 Å². The molecule has 18 heavy (non-hydrogen) atoms. The van der Waals surface area contributed by atoms with Crippen LogP contribution in [-0.4, -0.2) is 37.5 Å². The minimum absolute atomic E-state index is 0.211. The van der Waals surface area contributed by atoms with E-state index >= 15 is 0 Å². The van der Waals surface area contributed by atoms with Crippen molar-refractivity contribution < 1.29 is 4.79 Å². The van der Waals surface area contributed by atoms with Crippen LogP contribution in [0.15, 0.2) is 12.1 Å². The number of hydrogen-bond acceptors (Lipinski definition) is 3. The fourth-order valence-electron chi connectivity index (χ4n) is 1.39. The molecule has 0 fully saturated rings. The third kappa shape index (κ3) is 4.63. The Morgan fingerprint density at radius 2 is 1.89 bits per heavy atom. The Kier molecular flexibility index (Phi) is 6.18. The van der Waals surface area contributed by atoms with Gasteiger partial charge in [0.25, 0.3) is 0 Å².